The zero-order chi connectivity index (χ0) is 15.9. The minimum atomic E-state index is -0.530. The first-order chi connectivity index (χ1) is 10.7. The molecule has 0 atom stereocenters. The number of aromatic nitrogens is 1. The van der Waals surface area contributed by atoms with Crippen LogP contribution in [-0.2, 0) is 6.54 Å². The Bertz CT molecular complexity index is 733. The molecular formula is C16H17N3O3. The van der Waals surface area contributed by atoms with E-state index < -0.39 is 5.91 Å². The highest BCUT2D eigenvalue weighted by Crippen LogP contribution is 2.09. The lowest BCUT2D eigenvalue weighted by Crippen LogP contribution is -2.30. The van der Waals surface area contributed by atoms with Crippen molar-refractivity contribution >= 4 is 12.1 Å². The smallest absolute Gasteiger partial charge is 0.276 e. The molecule has 22 heavy (non-hydrogen) atoms. The van der Waals surface area contributed by atoms with Crippen LogP contribution in [-0.4, -0.2) is 23.8 Å². The number of aryl methyl sites for hydroxylation is 1. The fourth-order valence-corrected chi connectivity index (χ4v) is 1.87. The van der Waals surface area contributed by atoms with Gasteiger partial charge in [-0.25, -0.2) is 5.43 Å². The van der Waals surface area contributed by atoms with Gasteiger partial charge in [-0.1, -0.05) is 0 Å². The van der Waals surface area contributed by atoms with Crippen LogP contribution in [0.25, 0.3) is 0 Å². The molecule has 0 saturated carbocycles. The van der Waals surface area contributed by atoms with Gasteiger partial charge in [-0.2, -0.15) is 5.10 Å². The van der Waals surface area contributed by atoms with E-state index >= 15 is 0 Å². The van der Waals surface area contributed by atoms with Crippen LogP contribution >= 0.6 is 0 Å². The molecule has 0 saturated heterocycles. The number of benzene rings is 1. The Kier molecular flexibility index (Phi) is 5.08. The van der Waals surface area contributed by atoms with Crippen LogP contribution in [0.3, 0.4) is 0 Å². The molecule has 1 heterocycles. The molecule has 2 rings (SSSR count). The van der Waals surface area contributed by atoms with Gasteiger partial charge in [0.1, 0.15) is 11.3 Å². The number of pyridine rings is 1. The number of hydrogen-bond acceptors (Lipinski definition) is 4. The van der Waals surface area contributed by atoms with Gasteiger partial charge in [0.15, 0.2) is 0 Å². The van der Waals surface area contributed by atoms with Crippen LogP contribution in [0.2, 0.25) is 0 Å². The maximum Gasteiger partial charge on any atom is 0.276 e. The average Bonchev–Trinajstić information content (AvgIpc) is 2.55. The number of carbonyl (C=O) groups is 1. The highest BCUT2D eigenvalue weighted by Gasteiger charge is 2.10. The lowest BCUT2D eigenvalue weighted by Gasteiger charge is -2.04. The average molecular weight is 299 g/mol. The quantitative estimate of drug-likeness (QED) is 0.674. The molecule has 6 heteroatoms. The van der Waals surface area contributed by atoms with Gasteiger partial charge in [-0.3, -0.25) is 9.59 Å². The molecule has 0 aliphatic carbocycles. The first kappa shape index (κ1) is 15.5. The number of methoxy groups -OCH3 is 1. The van der Waals surface area contributed by atoms with E-state index in [9.17, 15) is 9.59 Å². The molecule has 0 radical (unpaired) electrons. The van der Waals surface area contributed by atoms with Crippen molar-refractivity contribution in [1.82, 2.24) is 9.99 Å². The number of rotatable bonds is 5. The molecule has 0 aliphatic rings. The van der Waals surface area contributed by atoms with Crippen molar-refractivity contribution in [1.29, 1.82) is 0 Å². The van der Waals surface area contributed by atoms with E-state index in [4.69, 9.17) is 4.74 Å². The van der Waals surface area contributed by atoms with Gasteiger partial charge < -0.3 is 9.30 Å². The Hall–Kier alpha value is -2.89. The minimum Gasteiger partial charge on any atom is -0.497 e. The second kappa shape index (κ2) is 7.21. The Morgan fingerprint density at radius 3 is 2.68 bits per heavy atom. The molecular weight excluding hydrogens is 282 g/mol. The Labute approximate surface area is 128 Å². The number of amides is 1. The van der Waals surface area contributed by atoms with Gasteiger partial charge in [-0.15, -0.1) is 0 Å². The third kappa shape index (κ3) is 3.60. The minimum absolute atomic E-state index is 0.0660. The molecule has 1 aromatic carbocycles. The number of hydrogen-bond donors (Lipinski definition) is 1. The van der Waals surface area contributed by atoms with Crippen molar-refractivity contribution in [3.63, 3.8) is 0 Å². The predicted octanol–water partition coefficient (Wildman–Crippen LogP) is 1.64. The Morgan fingerprint density at radius 1 is 1.32 bits per heavy atom. The SMILES string of the molecule is CCn1cccc(C(=O)N/N=C\c2ccc(OC)cc2)c1=O. The standard InChI is InChI=1S/C16H17N3O3/c1-3-19-10-4-5-14(16(19)21)15(20)18-17-11-12-6-8-13(22-2)9-7-12/h4-11H,3H2,1-2H3,(H,18,20)/b17-11-. The zero-order valence-corrected chi connectivity index (χ0v) is 12.4. The van der Waals surface area contributed by atoms with Crippen molar-refractivity contribution in [2.45, 2.75) is 13.5 Å². The number of carbonyl (C=O) groups excluding carboxylic acids is 1. The van der Waals surface area contributed by atoms with Crippen LogP contribution in [0.1, 0.15) is 22.8 Å². The molecule has 1 amide bonds. The second-order valence-corrected chi connectivity index (χ2v) is 4.49. The summed E-state index contributed by atoms with van der Waals surface area (Å²) in [5.74, 6) is 0.211. The normalized spacial score (nSPS) is 10.6. The van der Waals surface area contributed by atoms with Gasteiger partial charge in [0.25, 0.3) is 11.5 Å². The summed E-state index contributed by atoms with van der Waals surface area (Å²) < 4.78 is 6.51. The van der Waals surface area contributed by atoms with E-state index in [1.807, 2.05) is 6.92 Å². The second-order valence-electron chi connectivity index (χ2n) is 4.49. The summed E-state index contributed by atoms with van der Waals surface area (Å²) in [6.07, 6.45) is 3.14. The fraction of sp³-hybridized carbons (Fsp3) is 0.188. The molecule has 114 valence electrons. The number of nitrogens with one attached hydrogen (secondary N) is 1. The largest absolute Gasteiger partial charge is 0.497 e. The Balaban J connectivity index is 2.06. The summed E-state index contributed by atoms with van der Waals surface area (Å²) in [5, 5.41) is 3.86. The van der Waals surface area contributed by atoms with Crippen LogP contribution < -0.4 is 15.7 Å². The third-order valence-electron chi connectivity index (χ3n) is 3.10. The summed E-state index contributed by atoms with van der Waals surface area (Å²) >= 11 is 0. The van der Waals surface area contributed by atoms with Crippen molar-refractivity contribution < 1.29 is 9.53 Å². The van der Waals surface area contributed by atoms with Crippen molar-refractivity contribution in [3.8, 4) is 5.75 Å². The van der Waals surface area contributed by atoms with Gasteiger partial charge in [0, 0.05) is 12.7 Å². The predicted molar refractivity (Wildman–Crippen MR) is 84.4 cm³/mol. The highest BCUT2D eigenvalue weighted by atomic mass is 16.5. The monoisotopic (exact) mass is 299 g/mol. The first-order valence-electron chi connectivity index (χ1n) is 6.82. The third-order valence-corrected chi connectivity index (χ3v) is 3.10. The van der Waals surface area contributed by atoms with Crippen molar-refractivity contribution in [2.24, 2.45) is 5.10 Å². The molecule has 6 nitrogen and oxygen atoms in total. The number of ether oxygens (including phenoxy) is 1. The van der Waals surface area contributed by atoms with E-state index in [0.717, 1.165) is 11.3 Å². The zero-order valence-electron chi connectivity index (χ0n) is 12.4. The van der Waals surface area contributed by atoms with E-state index in [-0.39, 0.29) is 11.1 Å². The summed E-state index contributed by atoms with van der Waals surface area (Å²) in [6, 6.07) is 10.3. The molecule has 0 fully saturated rings. The topological polar surface area (TPSA) is 72.7 Å². The lowest BCUT2D eigenvalue weighted by molar-refractivity contribution is 0.0953. The Morgan fingerprint density at radius 2 is 2.05 bits per heavy atom. The fourth-order valence-electron chi connectivity index (χ4n) is 1.87. The van der Waals surface area contributed by atoms with E-state index in [1.54, 1.807) is 43.6 Å². The maximum atomic E-state index is 12.0. The first-order valence-corrected chi connectivity index (χ1v) is 6.82. The molecule has 0 aliphatic heterocycles. The van der Waals surface area contributed by atoms with E-state index in [0.29, 0.717) is 6.54 Å². The van der Waals surface area contributed by atoms with Crippen LogP contribution in [0.15, 0.2) is 52.5 Å². The van der Waals surface area contributed by atoms with Gasteiger partial charge in [0.05, 0.1) is 13.3 Å². The molecule has 0 bridgehead atoms. The summed E-state index contributed by atoms with van der Waals surface area (Å²) in [6.45, 7) is 2.35. The van der Waals surface area contributed by atoms with Gasteiger partial charge >= 0.3 is 0 Å². The van der Waals surface area contributed by atoms with Crippen LogP contribution in [0.4, 0.5) is 0 Å². The number of nitrogens with zero attached hydrogens (tertiary/aromatic N) is 2. The van der Waals surface area contributed by atoms with Crippen molar-refractivity contribution in [3.05, 3.63) is 64.1 Å². The van der Waals surface area contributed by atoms with Crippen LogP contribution in [0.5, 0.6) is 5.75 Å². The summed E-state index contributed by atoms with van der Waals surface area (Å²) in [7, 11) is 1.59. The molecule has 0 unspecified atom stereocenters. The molecule has 1 N–H and O–H groups in total. The van der Waals surface area contributed by atoms with Gasteiger partial charge in [0.2, 0.25) is 0 Å². The molecule has 1 aromatic heterocycles. The summed E-state index contributed by atoms with van der Waals surface area (Å²) in [4.78, 5) is 23.9. The van der Waals surface area contributed by atoms with Gasteiger partial charge in [-0.05, 0) is 48.9 Å². The lowest BCUT2D eigenvalue weighted by atomic mass is 10.2. The van der Waals surface area contributed by atoms with E-state index in [2.05, 4.69) is 10.5 Å². The van der Waals surface area contributed by atoms with E-state index in [1.165, 1.54) is 16.8 Å². The molecule has 0 spiro atoms. The van der Waals surface area contributed by atoms with Crippen molar-refractivity contribution in [2.75, 3.05) is 7.11 Å². The van der Waals surface area contributed by atoms with Crippen LogP contribution in [0, 0.1) is 0 Å². The summed E-state index contributed by atoms with van der Waals surface area (Å²) in [5.41, 5.74) is 2.89. The highest BCUT2D eigenvalue weighted by molar-refractivity contribution is 5.94. The maximum absolute atomic E-state index is 12.0. The number of hydrazone groups is 1. The molecule has 2 aromatic rings.